The fraction of sp³-hybridized carbons (Fsp3) is 0.462. The minimum Gasteiger partial charge on any atom is -0.490 e. The van der Waals surface area contributed by atoms with Gasteiger partial charge < -0.3 is 20.3 Å². The Morgan fingerprint density at radius 3 is 2.30 bits per heavy atom. The lowest BCUT2D eigenvalue weighted by Crippen LogP contribution is -2.17. The molecule has 0 radical (unpaired) electrons. The zero-order valence-electron chi connectivity index (χ0n) is 10.6. The number of alkyl halides is 2. The van der Waals surface area contributed by atoms with Gasteiger partial charge in [-0.3, -0.25) is 4.79 Å². The van der Waals surface area contributed by atoms with Crippen LogP contribution in [0.3, 0.4) is 0 Å². The number of hydrogen-bond donors (Lipinski definition) is 2. The summed E-state index contributed by atoms with van der Waals surface area (Å²) in [6.07, 6.45) is -2.55. The average molecular weight is 287 g/mol. The number of halogens is 2. The van der Waals surface area contributed by atoms with Crippen molar-refractivity contribution in [2.75, 3.05) is 13.2 Å². The maximum absolute atomic E-state index is 13.1. The van der Waals surface area contributed by atoms with Gasteiger partial charge in [-0.25, -0.2) is 8.78 Å². The van der Waals surface area contributed by atoms with Gasteiger partial charge in [-0.05, 0) is 17.7 Å². The van der Waals surface area contributed by atoms with Crippen molar-refractivity contribution >= 4 is 5.97 Å². The first kappa shape index (κ1) is 14.5. The van der Waals surface area contributed by atoms with Crippen molar-refractivity contribution in [1.82, 2.24) is 0 Å². The van der Waals surface area contributed by atoms with E-state index >= 15 is 0 Å². The Morgan fingerprint density at radius 1 is 1.25 bits per heavy atom. The highest BCUT2D eigenvalue weighted by Crippen LogP contribution is 2.38. The van der Waals surface area contributed by atoms with Crippen molar-refractivity contribution in [3.63, 3.8) is 0 Å². The molecule has 0 fully saturated rings. The van der Waals surface area contributed by atoms with Gasteiger partial charge in [0, 0.05) is 18.0 Å². The lowest BCUT2D eigenvalue weighted by atomic mass is 9.98. The Morgan fingerprint density at radius 2 is 1.80 bits per heavy atom. The van der Waals surface area contributed by atoms with Gasteiger partial charge in [-0.15, -0.1) is 0 Å². The van der Waals surface area contributed by atoms with Crippen molar-refractivity contribution in [3.05, 3.63) is 23.3 Å². The number of rotatable bonds is 4. The zero-order valence-corrected chi connectivity index (χ0v) is 10.6. The molecule has 20 heavy (non-hydrogen) atoms. The summed E-state index contributed by atoms with van der Waals surface area (Å²) in [6.45, 7) is 0.796. The number of carboxylic acid groups (broad SMARTS) is 1. The number of carbonyl (C=O) groups is 1. The standard InChI is InChI=1S/C13H15F2NO4/c14-13(15)8-5-11-10(19-2-1-3-20-11)4-7(8)9(16)6-12(17)18/h4-5,9,13H,1-3,6,16H2,(H,17,18). The summed E-state index contributed by atoms with van der Waals surface area (Å²) in [7, 11) is 0. The number of ether oxygens (including phenoxy) is 2. The molecular weight excluding hydrogens is 272 g/mol. The molecule has 0 aliphatic carbocycles. The molecule has 0 bridgehead atoms. The third-order valence-corrected chi connectivity index (χ3v) is 2.98. The molecule has 0 saturated carbocycles. The summed E-state index contributed by atoms with van der Waals surface area (Å²) in [6, 6.07) is 1.52. The first-order valence-corrected chi connectivity index (χ1v) is 6.18. The van der Waals surface area contributed by atoms with Crippen LogP contribution in [0.2, 0.25) is 0 Å². The molecule has 7 heteroatoms. The van der Waals surface area contributed by atoms with E-state index in [1.807, 2.05) is 0 Å². The van der Waals surface area contributed by atoms with Gasteiger partial charge in [0.05, 0.1) is 19.6 Å². The maximum atomic E-state index is 13.1. The summed E-state index contributed by atoms with van der Waals surface area (Å²) >= 11 is 0. The van der Waals surface area contributed by atoms with E-state index in [4.69, 9.17) is 20.3 Å². The molecule has 5 nitrogen and oxygen atoms in total. The van der Waals surface area contributed by atoms with Crippen LogP contribution in [-0.2, 0) is 4.79 Å². The van der Waals surface area contributed by atoms with Crippen LogP contribution in [0, 0.1) is 0 Å². The number of benzene rings is 1. The minimum absolute atomic E-state index is 0.0756. The number of hydrogen-bond acceptors (Lipinski definition) is 4. The Balaban J connectivity index is 2.42. The molecule has 1 heterocycles. The van der Waals surface area contributed by atoms with Crippen molar-refractivity contribution in [3.8, 4) is 11.5 Å². The third-order valence-electron chi connectivity index (χ3n) is 2.98. The molecule has 0 saturated heterocycles. The van der Waals surface area contributed by atoms with E-state index in [-0.39, 0.29) is 16.9 Å². The maximum Gasteiger partial charge on any atom is 0.305 e. The van der Waals surface area contributed by atoms with Crippen LogP contribution >= 0.6 is 0 Å². The lowest BCUT2D eigenvalue weighted by molar-refractivity contribution is -0.137. The summed E-state index contributed by atoms with van der Waals surface area (Å²) in [4.78, 5) is 10.7. The Hall–Kier alpha value is -1.89. The number of aliphatic carboxylic acids is 1. The van der Waals surface area contributed by atoms with Crippen molar-refractivity contribution in [2.24, 2.45) is 5.73 Å². The zero-order chi connectivity index (χ0) is 14.7. The van der Waals surface area contributed by atoms with E-state index < -0.39 is 24.9 Å². The van der Waals surface area contributed by atoms with Crippen LogP contribution in [0.15, 0.2) is 12.1 Å². The van der Waals surface area contributed by atoms with Crippen LogP contribution in [0.25, 0.3) is 0 Å². The van der Waals surface area contributed by atoms with E-state index in [0.717, 1.165) is 0 Å². The van der Waals surface area contributed by atoms with Crippen LogP contribution < -0.4 is 15.2 Å². The van der Waals surface area contributed by atoms with Gasteiger partial charge in [0.15, 0.2) is 11.5 Å². The van der Waals surface area contributed by atoms with Crippen molar-refractivity contribution < 1.29 is 28.2 Å². The fourth-order valence-corrected chi connectivity index (χ4v) is 2.05. The van der Waals surface area contributed by atoms with Gasteiger partial charge in [0.25, 0.3) is 6.43 Å². The Bertz CT molecular complexity index is 507. The van der Waals surface area contributed by atoms with E-state index in [0.29, 0.717) is 25.4 Å². The number of nitrogens with two attached hydrogens (primary N) is 1. The quantitative estimate of drug-likeness (QED) is 0.887. The molecule has 0 amide bonds. The summed E-state index contributed by atoms with van der Waals surface area (Å²) in [5.41, 5.74) is 5.46. The first-order chi connectivity index (χ1) is 9.49. The summed E-state index contributed by atoms with van der Waals surface area (Å²) in [5.74, 6) is -0.586. The van der Waals surface area contributed by atoms with Crippen LogP contribution in [0.5, 0.6) is 11.5 Å². The monoisotopic (exact) mass is 287 g/mol. The molecule has 1 aromatic rings. The van der Waals surface area contributed by atoms with Crippen molar-refractivity contribution in [1.29, 1.82) is 0 Å². The van der Waals surface area contributed by atoms with Crippen LogP contribution in [-0.4, -0.2) is 24.3 Å². The SMILES string of the molecule is NC(CC(=O)O)c1cc2c(cc1C(F)F)OCCCO2. The van der Waals surface area contributed by atoms with Crippen LogP contribution in [0.1, 0.15) is 36.4 Å². The molecular formula is C13H15F2NO4. The van der Waals surface area contributed by atoms with Crippen molar-refractivity contribution in [2.45, 2.75) is 25.3 Å². The van der Waals surface area contributed by atoms with Gasteiger partial charge in [-0.2, -0.15) is 0 Å². The smallest absolute Gasteiger partial charge is 0.305 e. The predicted octanol–water partition coefficient (Wildman–Crippen LogP) is 2.26. The van der Waals surface area contributed by atoms with Gasteiger partial charge in [0.1, 0.15) is 0 Å². The van der Waals surface area contributed by atoms with Gasteiger partial charge in [-0.1, -0.05) is 0 Å². The highest BCUT2D eigenvalue weighted by Gasteiger charge is 2.24. The molecule has 0 spiro atoms. The second-order valence-electron chi connectivity index (χ2n) is 4.48. The van der Waals surface area contributed by atoms with Gasteiger partial charge in [0.2, 0.25) is 0 Å². The summed E-state index contributed by atoms with van der Waals surface area (Å²) < 4.78 is 36.9. The highest BCUT2D eigenvalue weighted by molar-refractivity contribution is 5.68. The molecule has 1 aliphatic heterocycles. The third kappa shape index (κ3) is 3.16. The second kappa shape index (κ2) is 6.04. The summed E-state index contributed by atoms with van der Waals surface area (Å²) in [5, 5.41) is 8.73. The van der Waals surface area contributed by atoms with E-state index in [1.165, 1.54) is 12.1 Å². The largest absolute Gasteiger partial charge is 0.490 e. The molecule has 1 aliphatic rings. The Kier molecular flexibility index (Phi) is 4.39. The fourth-order valence-electron chi connectivity index (χ4n) is 2.05. The topological polar surface area (TPSA) is 81.8 Å². The molecule has 1 aromatic carbocycles. The molecule has 1 atom stereocenters. The Labute approximate surface area is 114 Å². The first-order valence-electron chi connectivity index (χ1n) is 6.18. The molecule has 2 rings (SSSR count). The number of carboxylic acids is 1. The molecule has 110 valence electrons. The van der Waals surface area contributed by atoms with E-state index in [1.54, 1.807) is 0 Å². The second-order valence-corrected chi connectivity index (χ2v) is 4.48. The van der Waals surface area contributed by atoms with Gasteiger partial charge >= 0.3 is 5.97 Å². The van der Waals surface area contributed by atoms with E-state index in [2.05, 4.69) is 0 Å². The van der Waals surface area contributed by atoms with Crippen LogP contribution in [0.4, 0.5) is 8.78 Å². The van der Waals surface area contributed by atoms with E-state index in [9.17, 15) is 13.6 Å². The molecule has 3 N–H and O–H groups in total. The highest BCUT2D eigenvalue weighted by atomic mass is 19.3. The average Bonchev–Trinajstić information content (AvgIpc) is 2.60. The minimum atomic E-state index is -2.76. The molecule has 1 unspecified atom stereocenters. The lowest BCUT2D eigenvalue weighted by Gasteiger charge is -2.18. The predicted molar refractivity (Wildman–Crippen MR) is 66.2 cm³/mol. The number of fused-ring (bicyclic) bond motifs is 1. The molecule has 0 aromatic heterocycles. The normalized spacial score (nSPS) is 15.8.